The fourth-order valence-electron chi connectivity index (χ4n) is 5.69. The van der Waals surface area contributed by atoms with Crippen molar-refractivity contribution >= 4 is 29.1 Å². The molecule has 0 bridgehead atoms. The zero-order chi connectivity index (χ0) is 30.0. The van der Waals surface area contributed by atoms with Crippen LogP contribution in [-0.2, 0) is 22.4 Å². The summed E-state index contributed by atoms with van der Waals surface area (Å²) in [4.78, 5) is 45.8. The molecule has 2 fully saturated rings. The molecule has 3 aromatic rings. The number of carbonyl (C=O) groups excluding carboxylic acids is 3. The molecule has 2 aliphatic heterocycles. The highest BCUT2D eigenvalue weighted by atomic mass is 16.5. The van der Waals surface area contributed by atoms with E-state index in [0.29, 0.717) is 50.4 Å². The number of hydrogen-bond donors (Lipinski definition) is 2. The Morgan fingerprint density at radius 2 is 1.53 bits per heavy atom. The van der Waals surface area contributed by atoms with Crippen LogP contribution in [-0.4, -0.2) is 87.0 Å². The minimum absolute atomic E-state index is 0.0329. The maximum atomic E-state index is 13.5. The van der Waals surface area contributed by atoms with Crippen molar-refractivity contribution in [3.63, 3.8) is 0 Å². The van der Waals surface area contributed by atoms with Gasteiger partial charge in [-0.25, -0.2) is 0 Å². The topological polar surface area (TPSA) is 94.2 Å². The van der Waals surface area contributed by atoms with E-state index in [1.807, 2.05) is 82.6 Å². The number of amides is 3. The Kier molecular flexibility index (Phi) is 10.3. The van der Waals surface area contributed by atoms with Crippen LogP contribution in [0.2, 0.25) is 0 Å². The van der Waals surface area contributed by atoms with Gasteiger partial charge < -0.3 is 30.1 Å². The first-order valence-corrected chi connectivity index (χ1v) is 15.1. The number of methoxy groups -OCH3 is 1. The van der Waals surface area contributed by atoms with Gasteiger partial charge in [0.15, 0.2) is 0 Å². The Morgan fingerprint density at radius 1 is 0.767 bits per heavy atom. The van der Waals surface area contributed by atoms with Gasteiger partial charge in [0.05, 0.1) is 31.3 Å². The van der Waals surface area contributed by atoms with Crippen LogP contribution in [0.4, 0.5) is 11.4 Å². The molecule has 0 radical (unpaired) electrons. The van der Waals surface area contributed by atoms with Gasteiger partial charge in [0.2, 0.25) is 11.8 Å². The van der Waals surface area contributed by atoms with E-state index in [0.717, 1.165) is 55.0 Å². The fourth-order valence-corrected chi connectivity index (χ4v) is 5.69. The van der Waals surface area contributed by atoms with Crippen molar-refractivity contribution in [1.82, 2.24) is 15.1 Å². The summed E-state index contributed by atoms with van der Waals surface area (Å²) in [5.74, 6) is 0.659. The standard InChI is InChI=1S/C34H41N5O4/c1-43-29-12-9-27(10-13-29)23-32(40)36-30-25-28(34(42)39-17-5-15-35-16-20-39)11-14-31(30)37-18-6-19-38(22-21-37)33(41)24-26-7-3-2-4-8-26/h2-4,7-14,25,35H,5-6,15-24H2,1H3,(H,36,40). The summed E-state index contributed by atoms with van der Waals surface area (Å²) in [7, 11) is 1.61. The molecule has 0 aliphatic carbocycles. The molecule has 3 aromatic carbocycles. The molecule has 226 valence electrons. The van der Waals surface area contributed by atoms with E-state index in [1.165, 1.54) is 0 Å². The molecule has 0 saturated carbocycles. The lowest BCUT2D eigenvalue weighted by atomic mass is 10.1. The van der Waals surface area contributed by atoms with Crippen molar-refractivity contribution in [2.45, 2.75) is 25.7 Å². The number of nitrogens with zero attached hydrogens (tertiary/aromatic N) is 3. The first kappa shape index (κ1) is 30.1. The van der Waals surface area contributed by atoms with Gasteiger partial charge in [-0.05, 0) is 60.8 Å². The van der Waals surface area contributed by atoms with E-state index in [-0.39, 0.29) is 24.1 Å². The van der Waals surface area contributed by atoms with Crippen LogP contribution < -0.4 is 20.3 Å². The lowest BCUT2D eigenvalue weighted by molar-refractivity contribution is -0.130. The molecule has 3 amide bonds. The number of ether oxygens (including phenoxy) is 1. The Balaban J connectivity index is 1.33. The van der Waals surface area contributed by atoms with E-state index in [2.05, 4.69) is 15.5 Å². The lowest BCUT2D eigenvalue weighted by Crippen LogP contribution is -2.36. The average Bonchev–Trinajstić information content (AvgIpc) is 3.46. The van der Waals surface area contributed by atoms with Crippen LogP contribution in [0, 0.1) is 0 Å². The van der Waals surface area contributed by atoms with E-state index in [9.17, 15) is 14.4 Å². The molecule has 0 atom stereocenters. The smallest absolute Gasteiger partial charge is 0.253 e. The number of nitrogens with one attached hydrogen (secondary N) is 2. The summed E-state index contributed by atoms with van der Waals surface area (Å²) >= 11 is 0. The second kappa shape index (κ2) is 14.7. The predicted molar refractivity (Wildman–Crippen MR) is 169 cm³/mol. The van der Waals surface area contributed by atoms with Crippen molar-refractivity contribution < 1.29 is 19.1 Å². The molecule has 2 heterocycles. The van der Waals surface area contributed by atoms with E-state index in [4.69, 9.17) is 4.74 Å². The molecule has 0 unspecified atom stereocenters. The van der Waals surface area contributed by atoms with Gasteiger partial charge >= 0.3 is 0 Å². The third-order valence-corrected chi connectivity index (χ3v) is 8.06. The summed E-state index contributed by atoms with van der Waals surface area (Å²) in [5, 5.41) is 6.45. The molecule has 9 heteroatoms. The average molecular weight is 584 g/mol. The van der Waals surface area contributed by atoms with E-state index >= 15 is 0 Å². The van der Waals surface area contributed by atoms with Gasteiger partial charge in [-0.2, -0.15) is 0 Å². The number of carbonyl (C=O) groups is 3. The quantitative estimate of drug-likeness (QED) is 0.421. The Labute approximate surface area is 253 Å². The van der Waals surface area contributed by atoms with Crippen molar-refractivity contribution in [3.8, 4) is 5.75 Å². The molecule has 2 saturated heterocycles. The van der Waals surface area contributed by atoms with E-state index in [1.54, 1.807) is 7.11 Å². The normalized spacial score (nSPS) is 15.8. The van der Waals surface area contributed by atoms with Crippen LogP contribution in [0.5, 0.6) is 5.75 Å². The van der Waals surface area contributed by atoms with Gasteiger partial charge in [-0.15, -0.1) is 0 Å². The highest BCUT2D eigenvalue weighted by molar-refractivity contribution is 6.00. The van der Waals surface area contributed by atoms with Crippen LogP contribution in [0.25, 0.3) is 0 Å². The number of hydrogen-bond acceptors (Lipinski definition) is 6. The second-order valence-corrected chi connectivity index (χ2v) is 11.1. The first-order valence-electron chi connectivity index (χ1n) is 15.1. The van der Waals surface area contributed by atoms with Crippen LogP contribution >= 0.6 is 0 Å². The fraction of sp³-hybridized carbons (Fsp3) is 0.382. The monoisotopic (exact) mass is 583 g/mol. The number of rotatable bonds is 8. The summed E-state index contributed by atoms with van der Waals surface area (Å²) in [6, 6.07) is 22.9. The maximum absolute atomic E-state index is 13.5. The first-order chi connectivity index (χ1) is 21.0. The highest BCUT2D eigenvalue weighted by Gasteiger charge is 2.24. The highest BCUT2D eigenvalue weighted by Crippen LogP contribution is 2.30. The second-order valence-electron chi connectivity index (χ2n) is 11.1. The molecular weight excluding hydrogens is 542 g/mol. The van der Waals surface area contributed by atoms with Gasteiger partial charge in [-0.1, -0.05) is 42.5 Å². The van der Waals surface area contributed by atoms with Crippen LogP contribution in [0.3, 0.4) is 0 Å². The molecule has 0 spiro atoms. The molecule has 43 heavy (non-hydrogen) atoms. The SMILES string of the molecule is COc1ccc(CC(=O)Nc2cc(C(=O)N3CCCNCC3)ccc2N2CCCN(C(=O)Cc3ccccc3)CC2)cc1. The third kappa shape index (κ3) is 8.14. The Morgan fingerprint density at radius 3 is 2.33 bits per heavy atom. The Bertz CT molecular complexity index is 1390. The van der Waals surface area contributed by atoms with Crippen molar-refractivity contribution in [3.05, 3.63) is 89.5 Å². The minimum Gasteiger partial charge on any atom is -0.497 e. The molecule has 5 rings (SSSR count). The maximum Gasteiger partial charge on any atom is 0.253 e. The number of anilines is 2. The van der Waals surface area contributed by atoms with Crippen molar-refractivity contribution in [2.24, 2.45) is 0 Å². The number of benzene rings is 3. The predicted octanol–water partition coefficient (Wildman–Crippen LogP) is 3.59. The third-order valence-electron chi connectivity index (χ3n) is 8.06. The van der Waals surface area contributed by atoms with Gasteiger partial charge in [0.25, 0.3) is 5.91 Å². The van der Waals surface area contributed by atoms with Crippen molar-refractivity contribution in [2.75, 3.05) is 69.7 Å². The van der Waals surface area contributed by atoms with Gasteiger partial charge in [0.1, 0.15) is 5.75 Å². The Hall–Kier alpha value is -4.37. The zero-order valence-corrected chi connectivity index (χ0v) is 24.9. The minimum atomic E-state index is -0.163. The van der Waals surface area contributed by atoms with E-state index < -0.39 is 0 Å². The van der Waals surface area contributed by atoms with Gasteiger partial charge in [-0.3, -0.25) is 14.4 Å². The molecular formula is C34H41N5O4. The zero-order valence-electron chi connectivity index (χ0n) is 24.9. The summed E-state index contributed by atoms with van der Waals surface area (Å²) in [6.07, 6.45) is 2.29. The van der Waals surface area contributed by atoms with Crippen LogP contribution in [0.1, 0.15) is 34.3 Å². The largest absolute Gasteiger partial charge is 0.497 e. The summed E-state index contributed by atoms with van der Waals surface area (Å²) in [5.41, 5.74) is 3.90. The summed E-state index contributed by atoms with van der Waals surface area (Å²) in [6.45, 7) is 5.66. The molecule has 2 N–H and O–H groups in total. The summed E-state index contributed by atoms with van der Waals surface area (Å²) < 4.78 is 5.24. The molecule has 9 nitrogen and oxygen atoms in total. The molecule has 2 aliphatic rings. The molecule has 0 aromatic heterocycles. The lowest BCUT2D eigenvalue weighted by Gasteiger charge is -2.27. The van der Waals surface area contributed by atoms with Gasteiger partial charge in [0, 0.05) is 51.4 Å². The van der Waals surface area contributed by atoms with Crippen LogP contribution in [0.15, 0.2) is 72.8 Å². The van der Waals surface area contributed by atoms with Crippen molar-refractivity contribution in [1.29, 1.82) is 0 Å².